The van der Waals surface area contributed by atoms with E-state index in [4.69, 9.17) is 5.73 Å². The molecule has 3 heterocycles. The molecule has 1 atom stereocenters. The predicted molar refractivity (Wildman–Crippen MR) is 107 cm³/mol. The van der Waals surface area contributed by atoms with Gasteiger partial charge in [0.05, 0.1) is 29.1 Å². The molecule has 0 aliphatic heterocycles. The zero-order valence-electron chi connectivity index (χ0n) is 15.5. The summed E-state index contributed by atoms with van der Waals surface area (Å²) in [7, 11) is 1.94. The molecule has 0 bridgehead atoms. The molecule has 2 N–H and O–H groups in total. The monoisotopic (exact) mass is 372 g/mol. The van der Waals surface area contributed by atoms with Crippen molar-refractivity contribution in [3.63, 3.8) is 0 Å². The van der Waals surface area contributed by atoms with Crippen molar-refractivity contribution in [3.8, 4) is 11.1 Å². The lowest BCUT2D eigenvalue weighted by atomic mass is 9.87. The predicted octanol–water partition coefficient (Wildman–Crippen LogP) is 2.95. The minimum atomic E-state index is -0.226. The van der Waals surface area contributed by atoms with Crippen LogP contribution in [0, 0.1) is 5.92 Å². The Morgan fingerprint density at radius 2 is 2.14 bits per heavy atom. The van der Waals surface area contributed by atoms with Gasteiger partial charge in [-0.05, 0) is 42.5 Å². The van der Waals surface area contributed by atoms with Crippen LogP contribution in [0.5, 0.6) is 0 Å². The fourth-order valence-electron chi connectivity index (χ4n) is 4.03. The van der Waals surface area contributed by atoms with Crippen molar-refractivity contribution in [2.75, 3.05) is 0 Å². The van der Waals surface area contributed by atoms with E-state index in [9.17, 15) is 4.79 Å². The number of hydrogen-bond acceptors (Lipinski definition) is 4. The van der Waals surface area contributed by atoms with Crippen molar-refractivity contribution in [3.05, 3.63) is 54.8 Å². The summed E-state index contributed by atoms with van der Waals surface area (Å²) >= 11 is 0. The van der Waals surface area contributed by atoms with Crippen molar-refractivity contribution in [2.24, 2.45) is 18.7 Å². The number of rotatable bonds is 3. The molecule has 1 amide bonds. The average Bonchev–Trinajstić information content (AvgIpc) is 3.31. The largest absolute Gasteiger partial charge is 0.369 e. The summed E-state index contributed by atoms with van der Waals surface area (Å²) in [5, 5.41) is 9.95. The van der Waals surface area contributed by atoms with Crippen molar-refractivity contribution in [2.45, 2.75) is 19.3 Å². The molecule has 1 aliphatic carbocycles. The third-order valence-corrected chi connectivity index (χ3v) is 5.61. The summed E-state index contributed by atoms with van der Waals surface area (Å²) in [6, 6.07) is 6.30. The lowest BCUT2D eigenvalue weighted by Crippen LogP contribution is -2.24. The Kier molecular flexibility index (Phi) is 3.75. The van der Waals surface area contributed by atoms with Gasteiger partial charge in [0, 0.05) is 36.3 Å². The summed E-state index contributed by atoms with van der Waals surface area (Å²) < 4.78 is 3.73. The van der Waals surface area contributed by atoms with Gasteiger partial charge >= 0.3 is 0 Å². The van der Waals surface area contributed by atoms with E-state index in [1.165, 1.54) is 0 Å². The second-order valence-electron chi connectivity index (χ2n) is 7.27. The molecule has 28 heavy (non-hydrogen) atoms. The van der Waals surface area contributed by atoms with Gasteiger partial charge in [-0.15, -0.1) is 0 Å². The SMILES string of the molecule is Cn1ncc2cc(-c3cnn4ccnc(C5=CCC(C(N)=O)CC5)c34)ccc21. The number of hydrogen-bond donors (Lipinski definition) is 1. The smallest absolute Gasteiger partial charge is 0.220 e. The van der Waals surface area contributed by atoms with Gasteiger partial charge in [-0.3, -0.25) is 14.5 Å². The quantitative estimate of drug-likeness (QED) is 0.598. The van der Waals surface area contributed by atoms with Crippen LogP contribution >= 0.6 is 0 Å². The topological polar surface area (TPSA) is 91.1 Å². The number of allylic oxidation sites excluding steroid dienone is 2. The maximum absolute atomic E-state index is 11.5. The van der Waals surface area contributed by atoms with Crippen LogP contribution in [0.15, 0.2) is 49.1 Å². The first kappa shape index (κ1) is 16.7. The molecule has 7 nitrogen and oxygen atoms in total. The number of aromatic nitrogens is 5. The zero-order chi connectivity index (χ0) is 19.3. The van der Waals surface area contributed by atoms with E-state index < -0.39 is 0 Å². The van der Waals surface area contributed by atoms with Gasteiger partial charge in [0.1, 0.15) is 0 Å². The lowest BCUT2D eigenvalue weighted by molar-refractivity contribution is -0.121. The van der Waals surface area contributed by atoms with Crippen LogP contribution in [0.2, 0.25) is 0 Å². The third-order valence-electron chi connectivity index (χ3n) is 5.61. The van der Waals surface area contributed by atoms with Crippen molar-refractivity contribution in [1.29, 1.82) is 0 Å². The highest BCUT2D eigenvalue weighted by molar-refractivity contribution is 5.92. The highest BCUT2D eigenvalue weighted by Gasteiger charge is 2.23. The van der Waals surface area contributed by atoms with E-state index in [1.54, 1.807) is 6.20 Å². The van der Waals surface area contributed by atoms with Crippen LogP contribution in [0.3, 0.4) is 0 Å². The molecule has 3 aromatic heterocycles. The molecule has 0 saturated heterocycles. The van der Waals surface area contributed by atoms with E-state index in [0.717, 1.165) is 51.7 Å². The van der Waals surface area contributed by atoms with Gasteiger partial charge < -0.3 is 5.73 Å². The Morgan fingerprint density at radius 1 is 1.25 bits per heavy atom. The van der Waals surface area contributed by atoms with E-state index in [-0.39, 0.29) is 11.8 Å². The minimum absolute atomic E-state index is 0.0825. The number of nitrogens with zero attached hydrogens (tertiary/aromatic N) is 5. The number of carbonyl (C=O) groups excluding carboxylic acids is 1. The first-order chi connectivity index (χ1) is 13.6. The fraction of sp³-hybridized carbons (Fsp3) is 0.238. The van der Waals surface area contributed by atoms with E-state index in [0.29, 0.717) is 6.42 Å². The minimum Gasteiger partial charge on any atom is -0.369 e. The molecule has 0 spiro atoms. The highest BCUT2D eigenvalue weighted by Crippen LogP contribution is 2.35. The van der Waals surface area contributed by atoms with Crippen LogP contribution in [0.4, 0.5) is 0 Å². The van der Waals surface area contributed by atoms with Crippen LogP contribution in [0.25, 0.3) is 33.1 Å². The molecule has 1 unspecified atom stereocenters. The molecule has 0 radical (unpaired) electrons. The van der Waals surface area contributed by atoms with Gasteiger partial charge in [-0.2, -0.15) is 10.2 Å². The summed E-state index contributed by atoms with van der Waals surface area (Å²) in [4.78, 5) is 16.1. The normalized spacial score (nSPS) is 17.2. The second kappa shape index (κ2) is 6.30. The summed E-state index contributed by atoms with van der Waals surface area (Å²) in [5.74, 6) is -0.308. The molecular formula is C21H20N6O. The maximum atomic E-state index is 11.5. The van der Waals surface area contributed by atoms with E-state index in [1.807, 2.05) is 34.8 Å². The molecule has 4 aromatic rings. The van der Waals surface area contributed by atoms with E-state index >= 15 is 0 Å². The summed E-state index contributed by atoms with van der Waals surface area (Å²) in [6.07, 6.45) is 11.7. The number of carbonyl (C=O) groups is 1. The lowest BCUT2D eigenvalue weighted by Gasteiger charge is -2.19. The molecular weight excluding hydrogens is 352 g/mol. The van der Waals surface area contributed by atoms with Crippen LogP contribution < -0.4 is 5.73 Å². The van der Waals surface area contributed by atoms with Gasteiger partial charge in [-0.25, -0.2) is 4.52 Å². The number of benzene rings is 1. The Labute approximate surface area is 161 Å². The fourth-order valence-corrected chi connectivity index (χ4v) is 4.03. The Bertz CT molecular complexity index is 1250. The van der Waals surface area contributed by atoms with Crippen molar-refractivity contribution < 1.29 is 4.79 Å². The Hall–Kier alpha value is -3.48. The molecule has 0 saturated carbocycles. The first-order valence-electron chi connectivity index (χ1n) is 9.35. The summed E-state index contributed by atoms with van der Waals surface area (Å²) in [5.41, 5.74) is 11.7. The Balaban J connectivity index is 1.64. The number of fused-ring (bicyclic) bond motifs is 2. The third kappa shape index (κ3) is 2.58. The first-order valence-corrected chi connectivity index (χ1v) is 9.35. The highest BCUT2D eigenvalue weighted by atomic mass is 16.1. The van der Waals surface area contributed by atoms with Crippen LogP contribution in [0.1, 0.15) is 25.0 Å². The number of primary amides is 1. The van der Waals surface area contributed by atoms with Gasteiger partial charge in [0.15, 0.2) is 0 Å². The number of amides is 1. The van der Waals surface area contributed by atoms with Gasteiger partial charge in [0.2, 0.25) is 5.91 Å². The second-order valence-corrected chi connectivity index (χ2v) is 7.27. The van der Waals surface area contributed by atoms with Gasteiger partial charge in [-0.1, -0.05) is 12.1 Å². The van der Waals surface area contributed by atoms with Crippen LogP contribution in [-0.2, 0) is 11.8 Å². The number of aryl methyl sites for hydroxylation is 1. The molecule has 7 heteroatoms. The standard InChI is InChI=1S/C21H20N6O/c1-26-18-7-6-15(10-16(18)11-24-26)17-12-25-27-9-8-23-19(20(17)27)13-2-4-14(5-3-13)21(22)28/h2,6-12,14H,3-5H2,1H3,(H2,22,28). The average molecular weight is 372 g/mol. The van der Waals surface area contributed by atoms with Crippen molar-refractivity contribution in [1.82, 2.24) is 24.4 Å². The molecule has 140 valence electrons. The number of nitrogens with two attached hydrogens (primary N) is 1. The zero-order valence-corrected chi connectivity index (χ0v) is 15.5. The molecule has 1 aliphatic rings. The van der Waals surface area contributed by atoms with E-state index in [2.05, 4.69) is 39.5 Å². The van der Waals surface area contributed by atoms with Crippen molar-refractivity contribution >= 4 is 27.9 Å². The Morgan fingerprint density at radius 3 is 2.93 bits per heavy atom. The van der Waals surface area contributed by atoms with Gasteiger partial charge in [0.25, 0.3) is 0 Å². The molecule has 1 aromatic carbocycles. The van der Waals surface area contributed by atoms with Crippen LogP contribution in [-0.4, -0.2) is 30.3 Å². The molecule has 5 rings (SSSR count). The molecule has 0 fully saturated rings. The maximum Gasteiger partial charge on any atom is 0.220 e. The summed E-state index contributed by atoms with van der Waals surface area (Å²) in [6.45, 7) is 0.